The summed E-state index contributed by atoms with van der Waals surface area (Å²) in [4.78, 5) is 33.4. The first kappa shape index (κ1) is 22.5. The number of carbonyl (C=O) groups excluding carboxylic acids is 2. The van der Waals surface area contributed by atoms with Gasteiger partial charge in [-0.1, -0.05) is 0 Å². The van der Waals surface area contributed by atoms with Crippen molar-refractivity contribution in [3.05, 3.63) is 23.8 Å². The molecule has 1 fully saturated rings. The van der Waals surface area contributed by atoms with Gasteiger partial charge in [-0.3, -0.25) is 14.6 Å². The molecule has 10 nitrogen and oxygen atoms in total. The summed E-state index contributed by atoms with van der Waals surface area (Å²) in [6.45, 7) is 2.38. The van der Waals surface area contributed by atoms with Crippen molar-refractivity contribution in [2.45, 2.75) is 42.5 Å². The van der Waals surface area contributed by atoms with Crippen LogP contribution in [0.5, 0.6) is 0 Å². The number of rotatable bonds is 5. The van der Waals surface area contributed by atoms with Crippen LogP contribution in [0.4, 0.5) is 5.69 Å². The molecule has 1 aromatic rings. The molecule has 0 unspecified atom stereocenters. The van der Waals surface area contributed by atoms with Gasteiger partial charge in [0.1, 0.15) is 0 Å². The highest BCUT2D eigenvalue weighted by atomic mass is 32.2. The van der Waals surface area contributed by atoms with E-state index in [0.29, 0.717) is 38.6 Å². The van der Waals surface area contributed by atoms with E-state index in [-0.39, 0.29) is 35.1 Å². The van der Waals surface area contributed by atoms with E-state index in [1.165, 1.54) is 24.5 Å². The fraction of sp³-hybridized carbons (Fsp3) is 0.571. The average molecular weight is 463 g/mol. The largest absolute Gasteiger partial charge is 0.370 e. The van der Waals surface area contributed by atoms with Gasteiger partial charge in [-0.25, -0.2) is 12.7 Å². The predicted molar refractivity (Wildman–Crippen MR) is 121 cm³/mol. The summed E-state index contributed by atoms with van der Waals surface area (Å²) in [6, 6.07) is 4.85. The van der Waals surface area contributed by atoms with Crippen molar-refractivity contribution in [1.82, 2.24) is 14.5 Å². The monoisotopic (exact) mass is 462 g/mol. The van der Waals surface area contributed by atoms with E-state index in [2.05, 4.69) is 10.3 Å². The number of amides is 2. The molecule has 11 heteroatoms. The number of anilines is 1. The van der Waals surface area contributed by atoms with Crippen LogP contribution in [-0.4, -0.2) is 81.2 Å². The van der Waals surface area contributed by atoms with E-state index >= 15 is 0 Å². The fourth-order valence-corrected chi connectivity index (χ4v) is 5.52. The molecular weight excluding hydrogens is 432 g/mol. The lowest BCUT2D eigenvalue weighted by atomic mass is 9.88. The van der Waals surface area contributed by atoms with Crippen molar-refractivity contribution >= 4 is 33.5 Å². The van der Waals surface area contributed by atoms with Crippen molar-refractivity contribution < 1.29 is 18.0 Å². The molecule has 1 spiro atoms. The van der Waals surface area contributed by atoms with Gasteiger partial charge in [0.2, 0.25) is 21.8 Å². The van der Waals surface area contributed by atoms with Gasteiger partial charge in [-0.05, 0) is 43.0 Å². The number of carbonyl (C=O) groups is 2. The van der Waals surface area contributed by atoms with Crippen LogP contribution in [0, 0.1) is 0 Å². The molecule has 0 atom stereocenters. The molecule has 0 radical (unpaired) electrons. The molecule has 2 amide bonds. The Balaban J connectivity index is 1.32. The quantitative estimate of drug-likeness (QED) is 0.628. The first-order valence-electron chi connectivity index (χ1n) is 10.8. The molecule has 3 heterocycles. The molecular formula is C21H30N6O4S. The van der Waals surface area contributed by atoms with Gasteiger partial charge in [-0.15, -0.1) is 0 Å². The number of guanidine groups is 1. The molecule has 4 rings (SSSR count). The van der Waals surface area contributed by atoms with Crippen LogP contribution >= 0.6 is 0 Å². The lowest BCUT2D eigenvalue weighted by Gasteiger charge is -2.39. The topological polar surface area (TPSA) is 128 Å². The van der Waals surface area contributed by atoms with E-state index in [1.807, 2.05) is 4.90 Å². The lowest BCUT2D eigenvalue weighted by Crippen LogP contribution is -2.55. The summed E-state index contributed by atoms with van der Waals surface area (Å²) in [7, 11) is -0.538. The van der Waals surface area contributed by atoms with Gasteiger partial charge in [0.15, 0.2) is 5.96 Å². The molecule has 1 aromatic carbocycles. The number of sulfonamides is 1. The number of aliphatic imine (C=N–C) groups is 1. The molecule has 0 saturated carbocycles. The molecule has 0 bridgehead atoms. The molecule has 32 heavy (non-hydrogen) atoms. The minimum Gasteiger partial charge on any atom is -0.370 e. The Morgan fingerprint density at radius 2 is 1.84 bits per heavy atom. The standard InChI is InChI=1S/C21H30N6O4S/c1-25(2)32(30,31)16-3-4-17-15(13-16)7-10-27(17)19(29)6-5-18(28)26-11-8-21(9-12-26)14-23-20(22)24-21/h3-4,13H,5-12,14H2,1-2H3,(H3,22,23,24). The third kappa shape index (κ3) is 4.18. The zero-order valence-corrected chi connectivity index (χ0v) is 19.3. The van der Waals surface area contributed by atoms with Crippen LogP contribution in [-0.2, 0) is 26.0 Å². The van der Waals surface area contributed by atoms with Crippen molar-refractivity contribution in [3.8, 4) is 0 Å². The Morgan fingerprint density at radius 3 is 2.47 bits per heavy atom. The number of hydrogen-bond donors (Lipinski definition) is 2. The summed E-state index contributed by atoms with van der Waals surface area (Å²) >= 11 is 0. The van der Waals surface area contributed by atoms with E-state index in [9.17, 15) is 18.0 Å². The minimum absolute atomic E-state index is 0.0214. The lowest BCUT2D eigenvalue weighted by molar-refractivity contribution is -0.134. The summed E-state index contributed by atoms with van der Waals surface area (Å²) in [6.07, 6.45) is 2.46. The van der Waals surface area contributed by atoms with E-state index in [4.69, 9.17) is 5.73 Å². The zero-order valence-electron chi connectivity index (χ0n) is 18.5. The zero-order chi connectivity index (χ0) is 23.1. The van der Waals surface area contributed by atoms with Crippen LogP contribution in [0.2, 0.25) is 0 Å². The summed E-state index contributed by atoms with van der Waals surface area (Å²) in [5.41, 5.74) is 7.17. The second-order valence-corrected chi connectivity index (χ2v) is 11.0. The van der Waals surface area contributed by atoms with Crippen molar-refractivity contribution in [2.24, 2.45) is 10.7 Å². The van der Waals surface area contributed by atoms with Gasteiger partial charge >= 0.3 is 0 Å². The number of nitrogens with zero attached hydrogens (tertiary/aromatic N) is 4. The second-order valence-electron chi connectivity index (χ2n) is 8.86. The summed E-state index contributed by atoms with van der Waals surface area (Å²) < 4.78 is 25.9. The van der Waals surface area contributed by atoms with E-state index in [1.54, 1.807) is 17.0 Å². The highest BCUT2D eigenvalue weighted by Crippen LogP contribution is 2.32. The third-order valence-corrected chi connectivity index (χ3v) is 8.41. The van der Waals surface area contributed by atoms with Crippen LogP contribution in [0.3, 0.4) is 0 Å². The highest BCUT2D eigenvalue weighted by molar-refractivity contribution is 7.89. The Bertz CT molecular complexity index is 1060. The first-order chi connectivity index (χ1) is 15.1. The van der Waals surface area contributed by atoms with Crippen molar-refractivity contribution in [3.63, 3.8) is 0 Å². The SMILES string of the molecule is CN(C)S(=O)(=O)c1ccc2c(c1)CCN2C(=O)CCC(=O)N1CCC2(CC1)CN=C(N)N2. The second kappa shape index (κ2) is 8.36. The Morgan fingerprint density at radius 1 is 1.16 bits per heavy atom. The number of nitrogens with two attached hydrogens (primary N) is 1. The molecule has 3 aliphatic rings. The number of likely N-dealkylation sites (tertiary alicyclic amines) is 1. The van der Waals surface area contributed by atoms with Gasteiger partial charge < -0.3 is 20.9 Å². The van der Waals surface area contributed by atoms with Gasteiger partial charge in [0, 0.05) is 52.3 Å². The number of piperidine rings is 1. The molecule has 0 aliphatic carbocycles. The fourth-order valence-electron chi connectivity index (χ4n) is 4.57. The smallest absolute Gasteiger partial charge is 0.242 e. The Kier molecular flexibility index (Phi) is 5.89. The highest BCUT2D eigenvalue weighted by Gasteiger charge is 2.39. The molecule has 1 saturated heterocycles. The van der Waals surface area contributed by atoms with Crippen LogP contribution < -0.4 is 16.0 Å². The van der Waals surface area contributed by atoms with Gasteiger partial charge in [0.05, 0.1) is 17.0 Å². The Labute approximate surface area is 188 Å². The predicted octanol–water partition coefficient (Wildman–Crippen LogP) is -0.115. The number of nitrogens with one attached hydrogen (secondary N) is 1. The van der Waals surface area contributed by atoms with E-state index < -0.39 is 10.0 Å². The first-order valence-corrected chi connectivity index (χ1v) is 12.3. The molecule has 174 valence electrons. The van der Waals surface area contributed by atoms with Crippen molar-refractivity contribution in [1.29, 1.82) is 0 Å². The summed E-state index contributed by atoms with van der Waals surface area (Å²) in [5.74, 6) is 0.326. The Hall–Kier alpha value is -2.66. The number of hydrogen-bond acceptors (Lipinski definition) is 7. The molecule has 3 N–H and O–H groups in total. The maximum Gasteiger partial charge on any atom is 0.242 e. The maximum atomic E-state index is 12.8. The van der Waals surface area contributed by atoms with Crippen molar-refractivity contribution in [2.75, 3.05) is 45.2 Å². The molecule has 3 aliphatic heterocycles. The van der Waals surface area contributed by atoms with Crippen LogP contribution in [0.25, 0.3) is 0 Å². The number of fused-ring (bicyclic) bond motifs is 1. The van der Waals surface area contributed by atoms with Gasteiger partial charge in [0.25, 0.3) is 0 Å². The third-order valence-electron chi connectivity index (χ3n) is 6.60. The molecule has 0 aromatic heterocycles. The van der Waals surface area contributed by atoms with Crippen LogP contribution in [0.15, 0.2) is 28.1 Å². The summed E-state index contributed by atoms with van der Waals surface area (Å²) in [5, 5.41) is 3.23. The van der Waals surface area contributed by atoms with Crippen LogP contribution in [0.1, 0.15) is 31.2 Å². The maximum absolute atomic E-state index is 12.8. The number of benzene rings is 1. The average Bonchev–Trinajstić information content (AvgIpc) is 3.35. The van der Waals surface area contributed by atoms with Gasteiger partial charge in [-0.2, -0.15) is 0 Å². The van der Waals surface area contributed by atoms with E-state index in [0.717, 1.165) is 24.1 Å². The minimum atomic E-state index is -3.52. The normalized spacial score (nSPS) is 19.8.